The maximum Gasteiger partial charge on any atom is 0.128 e. The molecule has 0 aromatic carbocycles. The number of aromatic nitrogens is 1. The van der Waals surface area contributed by atoms with Crippen LogP contribution in [0.1, 0.15) is 38.3 Å². The fourth-order valence-electron chi connectivity index (χ4n) is 2.73. The molecule has 2 N–H and O–H groups in total. The first kappa shape index (κ1) is 14.3. The van der Waals surface area contributed by atoms with E-state index in [0.29, 0.717) is 6.04 Å². The van der Waals surface area contributed by atoms with Gasteiger partial charge in [0.15, 0.2) is 0 Å². The van der Waals surface area contributed by atoms with Crippen molar-refractivity contribution in [2.45, 2.75) is 38.8 Å². The summed E-state index contributed by atoms with van der Waals surface area (Å²) < 4.78 is 0. The van der Waals surface area contributed by atoms with Gasteiger partial charge in [-0.25, -0.2) is 4.98 Å². The summed E-state index contributed by atoms with van der Waals surface area (Å²) in [6.07, 6.45) is 4.27. The largest absolute Gasteiger partial charge is 0.352 e. The van der Waals surface area contributed by atoms with E-state index in [4.69, 9.17) is 5.73 Å². The third-order valence-electron chi connectivity index (χ3n) is 3.96. The van der Waals surface area contributed by atoms with E-state index in [2.05, 4.69) is 40.9 Å². The second kappa shape index (κ2) is 6.35. The van der Waals surface area contributed by atoms with Crippen LogP contribution in [-0.4, -0.2) is 42.6 Å². The van der Waals surface area contributed by atoms with Crippen LogP contribution in [0.5, 0.6) is 0 Å². The summed E-state index contributed by atoms with van der Waals surface area (Å²) in [5.74, 6) is 1.09. The van der Waals surface area contributed by atoms with Crippen LogP contribution in [0.15, 0.2) is 18.3 Å². The van der Waals surface area contributed by atoms with Crippen LogP contribution in [0.4, 0.5) is 5.82 Å². The van der Waals surface area contributed by atoms with Crippen molar-refractivity contribution in [3.63, 3.8) is 0 Å². The Bertz CT molecular complexity index is 388. The summed E-state index contributed by atoms with van der Waals surface area (Å²) in [5.41, 5.74) is 6.98. The third-order valence-corrected chi connectivity index (χ3v) is 3.96. The molecule has 1 aromatic heterocycles. The first-order valence-corrected chi connectivity index (χ1v) is 7.28. The lowest BCUT2D eigenvalue weighted by atomic mass is 10.1. The van der Waals surface area contributed by atoms with E-state index in [1.54, 1.807) is 0 Å². The summed E-state index contributed by atoms with van der Waals surface area (Å²) in [7, 11) is 2.21. The number of nitrogens with two attached hydrogens (primary N) is 1. The van der Waals surface area contributed by atoms with Gasteiger partial charge in [0.2, 0.25) is 0 Å². The number of anilines is 1. The molecule has 1 aliphatic heterocycles. The van der Waals surface area contributed by atoms with Gasteiger partial charge in [-0.05, 0) is 45.0 Å². The zero-order chi connectivity index (χ0) is 13.8. The van der Waals surface area contributed by atoms with E-state index in [9.17, 15) is 0 Å². The van der Waals surface area contributed by atoms with E-state index in [1.807, 2.05) is 13.1 Å². The molecule has 1 aliphatic rings. The molecule has 0 spiro atoms. The van der Waals surface area contributed by atoms with E-state index in [1.165, 1.54) is 13.0 Å². The fraction of sp³-hybridized carbons (Fsp3) is 0.667. The standard InChI is InChI=1S/C15H26N4/c1-4-14-11-18(3)8-5-9-19(14)15-7-6-13(10-17-15)12(2)16/h6-7,10,12,14H,4-5,8-9,11,16H2,1-3H3. The SMILES string of the molecule is CCC1CN(C)CCCN1c1ccc(C(C)N)cn1. The molecule has 2 rings (SSSR count). The Labute approximate surface area is 116 Å². The second-order valence-electron chi connectivity index (χ2n) is 5.61. The van der Waals surface area contributed by atoms with Crippen LogP contribution in [-0.2, 0) is 0 Å². The van der Waals surface area contributed by atoms with Crippen molar-refractivity contribution in [2.75, 3.05) is 31.6 Å². The normalized spacial score (nSPS) is 23.2. The van der Waals surface area contributed by atoms with Gasteiger partial charge in [0.25, 0.3) is 0 Å². The molecule has 0 aliphatic carbocycles. The van der Waals surface area contributed by atoms with Gasteiger partial charge in [-0.3, -0.25) is 0 Å². The molecular formula is C15H26N4. The summed E-state index contributed by atoms with van der Waals surface area (Å²) in [4.78, 5) is 9.49. The highest BCUT2D eigenvalue weighted by molar-refractivity contribution is 5.41. The molecule has 0 radical (unpaired) electrons. The number of likely N-dealkylation sites (N-methyl/N-ethyl adjacent to an activating group) is 1. The van der Waals surface area contributed by atoms with Crippen molar-refractivity contribution in [3.8, 4) is 0 Å². The molecule has 2 heterocycles. The van der Waals surface area contributed by atoms with Crippen molar-refractivity contribution in [1.29, 1.82) is 0 Å². The summed E-state index contributed by atoms with van der Waals surface area (Å²) in [6.45, 7) is 7.63. The maximum absolute atomic E-state index is 5.88. The highest BCUT2D eigenvalue weighted by Crippen LogP contribution is 2.21. The quantitative estimate of drug-likeness (QED) is 0.905. The monoisotopic (exact) mass is 262 g/mol. The van der Waals surface area contributed by atoms with E-state index < -0.39 is 0 Å². The van der Waals surface area contributed by atoms with Crippen molar-refractivity contribution in [2.24, 2.45) is 5.73 Å². The van der Waals surface area contributed by atoms with Gasteiger partial charge in [0.05, 0.1) is 0 Å². The van der Waals surface area contributed by atoms with Crippen molar-refractivity contribution < 1.29 is 0 Å². The molecule has 19 heavy (non-hydrogen) atoms. The van der Waals surface area contributed by atoms with Gasteiger partial charge in [-0.1, -0.05) is 13.0 Å². The summed E-state index contributed by atoms with van der Waals surface area (Å²) >= 11 is 0. The minimum Gasteiger partial charge on any atom is -0.352 e. The fourth-order valence-corrected chi connectivity index (χ4v) is 2.73. The minimum absolute atomic E-state index is 0.0544. The van der Waals surface area contributed by atoms with Crippen LogP contribution in [0.2, 0.25) is 0 Å². The van der Waals surface area contributed by atoms with E-state index in [-0.39, 0.29) is 6.04 Å². The molecule has 2 unspecified atom stereocenters. The Morgan fingerprint density at radius 2 is 2.21 bits per heavy atom. The topological polar surface area (TPSA) is 45.4 Å². The van der Waals surface area contributed by atoms with Crippen LogP contribution >= 0.6 is 0 Å². The van der Waals surface area contributed by atoms with Crippen molar-refractivity contribution in [1.82, 2.24) is 9.88 Å². The van der Waals surface area contributed by atoms with Crippen LogP contribution in [0.25, 0.3) is 0 Å². The van der Waals surface area contributed by atoms with Gasteiger partial charge in [-0.2, -0.15) is 0 Å². The molecule has 1 fully saturated rings. The number of hydrogen-bond acceptors (Lipinski definition) is 4. The first-order chi connectivity index (χ1) is 9.11. The number of nitrogens with zero attached hydrogens (tertiary/aromatic N) is 3. The lowest BCUT2D eigenvalue weighted by Gasteiger charge is -2.31. The Morgan fingerprint density at radius 1 is 1.42 bits per heavy atom. The first-order valence-electron chi connectivity index (χ1n) is 7.28. The Morgan fingerprint density at radius 3 is 2.79 bits per heavy atom. The summed E-state index contributed by atoms with van der Waals surface area (Å²) in [5, 5.41) is 0. The minimum atomic E-state index is 0.0544. The smallest absolute Gasteiger partial charge is 0.128 e. The number of pyridine rings is 1. The van der Waals surface area contributed by atoms with Gasteiger partial charge in [0, 0.05) is 31.4 Å². The second-order valence-corrected chi connectivity index (χ2v) is 5.61. The average molecular weight is 262 g/mol. The number of rotatable bonds is 3. The van der Waals surface area contributed by atoms with Gasteiger partial charge >= 0.3 is 0 Å². The Kier molecular flexibility index (Phi) is 4.77. The predicted molar refractivity (Wildman–Crippen MR) is 80.4 cm³/mol. The average Bonchev–Trinajstić information content (AvgIpc) is 2.60. The molecule has 4 nitrogen and oxygen atoms in total. The van der Waals surface area contributed by atoms with Gasteiger partial charge < -0.3 is 15.5 Å². The van der Waals surface area contributed by atoms with E-state index >= 15 is 0 Å². The van der Waals surface area contributed by atoms with Crippen molar-refractivity contribution >= 4 is 5.82 Å². The zero-order valence-electron chi connectivity index (χ0n) is 12.3. The third kappa shape index (κ3) is 3.45. The highest BCUT2D eigenvalue weighted by Gasteiger charge is 2.22. The molecule has 1 saturated heterocycles. The molecule has 0 amide bonds. The molecule has 106 valence electrons. The Hall–Kier alpha value is -1.13. The van der Waals surface area contributed by atoms with E-state index in [0.717, 1.165) is 30.9 Å². The Balaban J connectivity index is 2.17. The van der Waals surface area contributed by atoms with Crippen LogP contribution in [0.3, 0.4) is 0 Å². The maximum atomic E-state index is 5.88. The molecule has 2 atom stereocenters. The van der Waals surface area contributed by atoms with Gasteiger partial charge in [-0.15, -0.1) is 0 Å². The highest BCUT2D eigenvalue weighted by atomic mass is 15.3. The molecule has 0 saturated carbocycles. The zero-order valence-corrected chi connectivity index (χ0v) is 12.3. The molecule has 1 aromatic rings. The predicted octanol–water partition coefficient (Wildman–Crippen LogP) is 2.02. The lowest BCUT2D eigenvalue weighted by molar-refractivity contribution is 0.327. The van der Waals surface area contributed by atoms with Crippen LogP contribution < -0.4 is 10.6 Å². The number of hydrogen-bond donors (Lipinski definition) is 1. The van der Waals surface area contributed by atoms with Crippen molar-refractivity contribution in [3.05, 3.63) is 23.9 Å². The summed E-state index contributed by atoms with van der Waals surface area (Å²) in [6, 6.07) is 4.83. The molecule has 4 heteroatoms. The molecule has 0 bridgehead atoms. The molecular weight excluding hydrogens is 236 g/mol. The van der Waals surface area contributed by atoms with Gasteiger partial charge in [0.1, 0.15) is 5.82 Å². The lowest BCUT2D eigenvalue weighted by Crippen LogP contribution is -2.40. The van der Waals surface area contributed by atoms with Crippen LogP contribution in [0, 0.1) is 0 Å².